The third-order valence-corrected chi connectivity index (χ3v) is 5.10. The second kappa shape index (κ2) is 6.91. The first kappa shape index (κ1) is 14.3. The number of nitrogens with zero attached hydrogens (tertiary/aromatic N) is 1. The summed E-state index contributed by atoms with van der Waals surface area (Å²) in [6.45, 7) is 9.91. The first-order valence-electron chi connectivity index (χ1n) is 8.25. The van der Waals surface area contributed by atoms with Gasteiger partial charge >= 0.3 is 0 Å². The topological polar surface area (TPSA) is 15.3 Å². The number of hydrogen-bond acceptors (Lipinski definition) is 2. The van der Waals surface area contributed by atoms with Gasteiger partial charge in [0.25, 0.3) is 0 Å². The van der Waals surface area contributed by atoms with E-state index in [0.29, 0.717) is 5.54 Å². The van der Waals surface area contributed by atoms with Crippen molar-refractivity contribution in [2.24, 2.45) is 5.92 Å². The fourth-order valence-corrected chi connectivity index (χ4v) is 3.99. The first-order chi connectivity index (χ1) is 8.78. The van der Waals surface area contributed by atoms with Crippen molar-refractivity contribution in [2.75, 3.05) is 26.2 Å². The lowest BCUT2D eigenvalue weighted by molar-refractivity contribution is 0.186. The molecule has 2 unspecified atom stereocenters. The highest BCUT2D eigenvalue weighted by Gasteiger charge is 2.34. The maximum Gasteiger partial charge on any atom is 0.0309 e. The molecule has 106 valence electrons. The van der Waals surface area contributed by atoms with Gasteiger partial charge in [0.05, 0.1) is 0 Å². The van der Waals surface area contributed by atoms with E-state index in [-0.39, 0.29) is 0 Å². The van der Waals surface area contributed by atoms with Gasteiger partial charge in [0.2, 0.25) is 0 Å². The quantitative estimate of drug-likeness (QED) is 0.806. The van der Waals surface area contributed by atoms with E-state index in [1.807, 2.05) is 0 Å². The van der Waals surface area contributed by atoms with Crippen molar-refractivity contribution in [1.29, 1.82) is 0 Å². The van der Waals surface area contributed by atoms with Gasteiger partial charge in [-0.15, -0.1) is 0 Å². The first-order valence-corrected chi connectivity index (χ1v) is 8.25. The molecule has 2 fully saturated rings. The Balaban J connectivity index is 1.87. The average Bonchev–Trinajstić information content (AvgIpc) is 2.70. The van der Waals surface area contributed by atoms with E-state index in [1.165, 1.54) is 77.5 Å². The van der Waals surface area contributed by atoms with Gasteiger partial charge in [-0.1, -0.05) is 26.7 Å². The van der Waals surface area contributed by atoms with Gasteiger partial charge in [-0.05, 0) is 64.1 Å². The van der Waals surface area contributed by atoms with E-state index in [4.69, 9.17) is 0 Å². The van der Waals surface area contributed by atoms with Crippen molar-refractivity contribution in [3.63, 3.8) is 0 Å². The smallest absolute Gasteiger partial charge is 0.0309 e. The Kier molecular flexibility index (Phi) is 5.50. The second-order valence-electron chi connectivity index (χ2n) is 6.54. The van der Waals surface area contributed by atoms with Crippen molar-refractivity contribution in [3.05, 3.63) is 0 Å². The molecule has 0 saturated carbocycles. The predicted octanol–water partition coefficient (Wildman–Crippen LogP) is 3.42. The van der Waals surface area contributed by atoms with Gasteiger partial charge in [0.15, 0.2) is 0 Å². The number of nitrogens with one attached hydrogen (secondary N) is 1. The van der Waals surface area contributed by atoms with Gasteiger partial charge in [0.1, 0.15) is 0 Å². The molecule has 0 radical (unpaired) electrons. The summed E-state index contributed by atoms with van der Waals surface area (Å²) >= 11 is 0. The van der Waals surface area contributed by atoms with E-state index in [1.54, 1.807) is 0 Å². The Labute approximate surface area is 114 Å². The van der Waals surface area contributed by atoms with Crippen LogP contribution in [0.25, 0.3) is 0 Å². The highest BCUT2D eigenvalue weighted by molar-refractivity contribution is 4.95. The van der Waals surface area contributed by atoms with Crippen LogP contribution in [-0.4, -0.2) is 36.6 Å². The fourth-order valence-electron chi connectivity index (χ4n) is 3.99. The van der Waals surface area contributed by atoms with Crippen molar-refractivity contribution >= 4 is 0 Å². The van der Waals surface area contributed by atoms with Crippen LogP contribution in [0.2, 0.25) is 0 Å². The van der Waals surface area contributed by atoms with Crippen LogP contribution in [0.4, 0.5) is 0 Å². The molecule has 2 saturated heterocycles. The largest absolute Gasteiger partial charge is 0.310 e. The fraction of sp³-hybridized carbons (Fsp3) is 1.00. The lowest BCUT2D eigenvalue weighted by atomic mass is 9.91. The summed E-state index contributed by atoms with van der Waals surface area (Å²) in [6, 6.07) is 0. The summed E-state index contributed by atoms with van der Waals surface area (Å²) in [5, 5.41) is 3.82. The van der Waals surface area contributed by atoms with Gasteiger partial charge in [-0.3, -0.25) is 0 Å². The van der Waals surface area contributed by atoms with Crippen molar-refractivity contribution < 1.29 is 0 Å². The van der Waals surface area contributed by atoms with E-state index in [2.05, 4.69) is 24.1 Å². The minimum Gasteiger partial charge on any atom is -0.310 e. The molecular weight excluding hydrogens is 220 g/mol. The molecule has 0 bridgehead atoms. The Morgan fingerprint density at radius 3 is 2.72 bits per heavy atom. The molecule has 2 atom stereocenters. The van der Waals surface area contributed by atoms with Crippen LogP contribution in [0.5, 0.6) is 0 Å². The lowest BCUT2D eigenvalue weighted by Crippen LogP contribution is -2.50. The summed E-state index contributed by atoms with van der Waals surface area (Å²) < 4.78 is 0. The number of rotatable bonds is 5. The Morgan fingerprint density at radius 1 is 1.17 bits per heavy atom. The molecule has 2 rings (SSSR count). The zero-order valence-corrected chi connectivity index (χ0v) is 12.5. The predicted molar refractivity (Wildman–Crippen MR) is 78.9 cm³/mol. The molecule has 0 spiro atoms. The summed E-state index contributed by atoms with van der Waals surface area (Å²) in [7, 11) is 0. The summed E-state index contributed by atoms with van der Waals surface area (Å²) in [5.41, 5.74) is 0.459. The van der Waals surface area contributed by atoms with Gasteiger partial charge in [0, 0.05) is 12.1 Å². The standard InChI is InChI=1S/C16H32N2/c1-3-9-16(10-6-11-17-16)14-18-12-5-7-15(4-2)8-13-18/h15,17H,3-14H2,1-2H3. The summed E-state index contributed by atoms with van der Waals surface area (Å²) in [5.74, 6) is 0.994. The number of hydrogen-bond donors (Lipinski definition) is 1. The van der Waals surface area contributed by atoms with Gasteiger partial charge < -0.3 is 10.2 Å². The van der Waals surface area contributed by atoms with E-state index in [9.17, 15) is 0 Å². The molecule has 0 aromatic heterocycles. The van der Waals surface area contributed by atoms with E-state index < -0.39 is 0 Å². The summed E-state index contributed by atoms with van der Waals surface area (Å²) in [6.07, 6.45) is 11.1. The lowest BCUT2D eigenvalue weighted by Gasteiger charge is -2.35. The van der Waals surface area contributed by atoms with Gasteiger partial charge in [-0.25, -0.2) is 0 Å². The van der Waals surface area contributed by atoms with E-state index >= 15 is 0 Å². The molecule has 2 nitrogen and oxygen atoms in total. The minimum absolute atomic E-state index is 0.459. The minimum atomic E-state index is 0.459. The third-order valence-electron chi connectivity index (χ3n) is 5.10. The molecule has 2 heteroatoms. The highest BCUT2D eigenvalue weighted by atomic mass is 15.2. The van der Waals surface area contributed by atoms with Crippen molar-refractivity contribution in [1.82, 2.24) is 10.2 Å². The van der Waals surface area contributed by atoms with Gasteiger partial charge in [-0.2, -0.15) is 0 Å². The van der Waals surface area contributed by atoms with E-state index in [0.717, 1.165) is 5.92 Å². The van der Waals surface area contributed by atoms with Crippen LogP contribution in [-0.2, 0) is 0 Å². The van der Waals surface area contributed by atoms with Crippen LogP contribution < -0.4 is 5.32 Å². The summed E-state index contributed by atoms with van der Waals surface area (Å²) in [4.78, 5) is 2.75. The van der Waals surface area contributed by atoms with Crippen molar-refractivity contribution in [3.8, 4) is 0 Å². The second-order valence-corrected chi connectivity index (χ2v) is 6.54. The van der Waals surface area contributed by atoms with Crippen LogP contribution in [0.3, 0.4) is 0 Å². The monoisotopic (exact) mass is 252 g/mol. The normalized spacial score (nSPS) is 34.7. The molecule has 2 aliphatic heterocycles. The SMILES string of the molecule is CCCC1(CN2CCCC(CC)CC2)CCCN1. The van der Waals surface area contributed by atoms with Crippen LogP contribution in [0.1, 0.15) is 65.2 Å². The molecule has 0 aromatic rings. The molecule has 2 aliphatic rings. The molecular formula is C16H32N2. The Hall–Kier alpha value is -0.0800. The zero-order valence-electron chi connectivity index (χ0n) is 12.5. The van der Waals surface area contributed by atoms with Crippen LogP contribution >= 0.6 is 0 Å². The maximum atomic E-state index is 3.82. The molecule has 0 amide bonds. The Morgan fingerprint density at radius 2 is 2.06 bits per heavy atom. The Bertz CT molecular complexity index is 233. The number of likely N-dealkylation sites (tertiary alicyclic amines) is 1. The highest BCUT2D eigenvalue weighted by Crippen LogP contribution is 2.28. The van der Waals surface area contributed by atoms with Crippen molar-refractivity contribution in [2.45, 2.75) is 70.8 Å². The maximum absolute atomic E-state index is 3.82. The zero-order chi connectivity index (χ0) is 12.8. The molecule has 2 heterocycles. The van der Waals surface area contributed by atoms with Crippen LogP contribution in [0.15, 0.2) is 0 Å². The average molecular weight is 252 g/mol. The molecule has 18 heavy (non-hydrogen) atoms. The molecule has 1 N–H and O–H groups in total. The molecule has 0 aliphatic carbocycles. The molecule has 0 aromatic carbocycles. The van der Waals surface area contributed by atoms with Crippen LogP contribution in [0, 0.1) is 5.92 Å². The third kappa shape index (κ3) is 3.71.